The smallest absolute Gasteiger partial charge is 0.331 e. The lowest BCUT2D eigenvalue weighted by Crippen LogP contribution is -2.22. The van der Waals surface area contributed by atoms with E-state index >= 15 is 0 Å². The van der Waals surface area contributed by atoms with Crippen LogP contribution in [0.4, 0.5) is 0 Å². The zero-order valence-corrected chi connectivity index (χ0v) is 13.8. The number of nitrogens with two attached hydrogens (primary N) is 2. The van der Waals surface area contributed by atoms with E-state index in [1.807, 2.05) is 0 Å². The van der Waals surface area contributed by atoms with E-state index in [1.54, 1.807) is 20.8 Å². The summed E-state index contributed by atoms with van der Waals surface area (Å²) in [4.78, 5) is 17.7. The number of rotatable bonds is 10. The minimum Gasteiger partial charge on any atom is -0.378 e. The van der Waals surface area contributed by atoms with Gasteiger partial charge in [-0.1, -0.05) is 13.8 Å². The van der Waals surface area contributed by atoms with Gasteiger partial charge in [0, 0.05) is 13.1 Å². The lowest BCUT2D eigenvalue weighted by Gasteiger charge is -2.27. The molecule has 20 heavy (non-hydrogen) atoms. The summed E-state index contributed by atoms with van der Waals surface area (Å²) < 4.78 is 20.9. The zero-order valence-electron chi connectivity index (χ0n) is 12.9. The fourth-order valence-corrected chi connectivity index (χ4v) is 1.97. The Bertz CT molecular complexity index is 248. The molecule has 0 aromatic carbocycles. The molecule has 0 aromatic heterocycles. The Balaban J connectivity index is 0. The zero-order chi connectivity index (χ0) is 16.1. The molecule has 0 radical (unpaired) electrons. The van der Waals surface area contributed by atoms with Gasteiger partial charge in [0.15, 0.2) is 0 Å². The summed E-state index contributed by atoms with van der Waals surface area (Å²) in [6, 6.07) is 0. The highest BCUT2D eigenvalue weighted by atomic mass is 31.2. The largest absolute Gasteiger partial charge is 0.378 e. The van der Waals surface area contributed by atoms with Crippen LogP contribution in [0.5, 0.6) is 0 Å². The predicted octanol–water partition coefficient (Wildman–Crippen LogP) is 0.680. The van der Waals surface area contributed by atoms with Crippen molar-refractivity contribution in [1.29, 1.82) is 0 Å². The quantitative estimate of drug-likeness (QED) is 0.345. The highest BCUT2D eigenvalue weighted by Crippen LogP contribution is 2.53. The van der Waals surface area contributed by atoms with Crippen molar-refractivity contribution >= 4 is 7.60 Å². The third-order valence-electron chi connectivity index (χ3n) is 3.12. The summed E-state index contributed by atoms with van der Waals surface area (Å²) in [5, 5.41) is -0.812. The maximum atomic E-state index is 10.8. The molecule has 124 valence electrons. The Morgan fingerprint density at radius 1 is 0.950 bits per heavy atom. The molecule has 0 saturated carbocycles. The van der Waals surface area contributed by atoms with Gasteiger partial charge >= 0.3 is 7.60 Å². The normalized spacial score (nSPS) is 11.9. The number of ether oxygens (including phenoxy) is 2. The van der Waals surface area contributed by atoms with Crippen molar-refractivity contribution in [3.05, 3.63) is 0 Å². The molecule has 0 aliphatic heterocycles. The standard InChI is InChI=1S/C6H16N2O2.C6H15O3P/c7-1-3-9-5-6-10-4-2-8;1-4-6(3,5-2)10(7,8)9/h1-8H2;4-5H2,1-3H3,(H2,7,8,9). The van der Waals surface area contributed by atoms with E-state index in [0.717, 1.165) is 0 Å². The van der Waals surface area contributed by atoms with E-state index in [9.17, 15) is 4.57 Å². The van der Waals surface area contributed by atoms with Crippen molar-refractivity contribution < 1.29 is 23.8 Å². The first-order chi connectivity index (χ1) is 9.29. The summed E-state index contributed by atoms with van der Waals surface area (Å²) in [6.45, 7) is 8.76. The van der Waals surface area contributed by atoms with Crippen LogP contribution >= 0.6 is 7.60 Å². The van der Waals surface area contributed by atoms with E-state index in [1.165, 1.54) is 0 Å². The minimum absolute atomic E-state index is 0.522. The molecule has 0 unspecified atom stereocenters. The summed E-state index contributed by atoms with van der Waals surface area (Å²) in [6.07, 6.45) is 1.04. The summed E-state index contributed by atoms with van der Waals surface area (Å²) in [7, 11) is -3.89. The molecule has 0 rings (SSSR count). The van der Waals surface area contributed by atoms with Gasteiger partial charge in [-0.15, -0.1) is 0 Å². The van der Waals surface area contributed by atoms with Crippen molar-refractivity contribution in [1.82, 2.24) is 0 Å². The summed E-state index contributed by atoms with van der Waals surface area (Å²) >= 11 is 0. The van der Waals surface area contributed by atoms with Crippen LogP contribution in [0.15, 0.2) is 0 Å². The third-order valence-corrected chi connectivity index (χ3v) is 5.16. The van der Waals surface area contributed by atoms with E-state index in [0.29, 0.717) is 52.4 Å². The van der Waals surface area contributed by atoms with Crippen LogP contribution in [0.3, 0.4) is 0 Å². The van der Waals surface area contributed by atoms with E-state index < -0.39 is 12.8 Å². The first-order valence-corrected chi connectivity index (χ1v) is 8.51. The number of hydrogen-bond acceptors (Lipinski definition) is 5. The molecule has 0 atom stereocenters. The average Bonchev–Trinajstić information content (AvgIpc) is 2.41. The Hall–Kier alpha value is -0.0100. The second-order valence-electron chi connectivity index (χ2n) is 4.55. The van der Waals surface area contributed by atoms with Gasteiger partial charge in [-0.3, -0.25) is 4.57 Å². The monoisotopic (exact) mass is 314 g/mol. The minimum atomic E-state index is -3.89. The highest BCUT2D eigenvalue weighted by molar-refractivity contribution is 7.53. The first-order valence-electron chi connectivity index (χ1n) is 6.90. The maximum Gasteiger partial charge on any atom is 0.331 e. The van der Waals surface area contributed by atoms with Crippen LogP contribution in [0.2, 0.25) is 0 Å². The van der Waals surface area contributed by atoms with Gasteiger partial charge in [0.05, 0.1) is 31.6 Å². The van der Waals surface area contributed by atoms with Gasteiger partial charge in [-0.25, -0.2) is 0 Å². The van der Waals surface area contributed by atoms with Gasteiger partial charge < -0.3 is 30.7 Å². The molecule has 6 N–H and O–H groups in total. The molecule has 0 saturated heterocycles. The van der Waals surface area contributed by atoms with Crippen molar-refractivity contribution in [2.75, 3.05) is 39.5 Å². The Labute approximate surface area is 122 Å². The third kappa shape index (κ3) is 10.7. The van der Waals surface area contributed by atoms with Gasteiger partial charge in [0.2, 0.25) is 0 Å². The highest BCUT2D eigenvalue weighted by Gasteiger charge is 2.38. The summed E-state index contributed by atoms with van der Waals surface area (Å²) in [5.41, 5.74) is 10.4. The second kappa shape index (κ2) is 12.7. The van der Waals surface area contributed by atoms with Crippen LogP contribution in [0.25, 0.3) is 0 Å². The Kier molecular flexibility index (Phi) is 14.2. The van der Waals surface area contributed by atoms with Crippen LogP contribution in [0, 0.1) is 0 Å². The maximum absolute atomic E-state index is 10.8. The summed E-state index contributed by atoms with van der Waals surface area (Å²) in [5.74, 6) is 0. The molecule has 7 nitrogen and oxygen atoms in total. The molecule has 8 heteroatoms. The van der Waals surface area contributed by atoms with Crippen molar-refractivity contribution in [3.63, 3.8) is 0 Å². The Morgan fingerprint density at radius 3 is 1.45 bits per heavy atom. The average molecular weight is 314 g/mol. The van der Waals surface area contributed by atoms with Crippen molar-refractivity contribution in [2.24, 2.45) is 11.5 Å². The molecule has 0 amide bonds. The van der Waals surface area contributed by atoms with E-state index in [-0.39, 0.29) is 0 Å². The molecular formula is C12H31N2O5P. The van der Waals surface area contributed by atoms with E-state index in [2.05, 4.69) is 0 Å². The van der Waals surface area contributed by atoms with Gasteiger partial charge in [0.25, 0.3) is 0 Å². The molecule has 0 heterocycles. The molecule has 0 aromatic rings. The van der Waals surface area contributed by atoms with Crippen LogP contribution in [0.1, 0.15) is 33.6 Å². The second-order valence-corrected chi connectivity index (χ2v) is 6.72. The molecular weight excluding hydrogens is 283 g/mol. The van der Waals surface area contributed by atoms with Gasteiger partial charge in [-0.2, -0.15) is 0 Å². The molecule has 0 aliphatic carbocycles. The first kappa shape index (κ1) is 22.3. The van der Waals surface area contributed by atoms with E-state index in [4.69, 9.17) is 30.7 Å². The van der Waals surface area contributed by atoms with Gasteiger partial charge in [-0.05, 0) is 19.8 Å². The fourth-order valence-electron chi connectivity index (χ4n) is 1.15. The van der Waals surface area contributed by atoms with Crippen LogP contribution in [-0.4, -0.2) is 54.5 Å². The van der Waals surface area contributed by atoms with Crippen LogP contribution < -0.4 is 11.5 Å². The molecule has 0 aliphatic rings. The SMILES string of the molecule is CCC(C)(CC)P(=O)(O)O.NCCOCCOCCN. The van der Waals surface area contributed by atoms with Gasteiger partial charge in [0.1, 0.15) is 0 Å². The molecule has 0 fully saturated rings. The fraction of sp³-hybridized carbons (Fsp3) is 1.00. The van der Waals surface area contributed by atoms with Crippen LogP contribution in [-0.2, 0) is 14.0 Å². The lowest BCUT2D eigenvalue weighted by molar-refractivity contribution is 0.0538. The topological polar surface area (TPSA) is 128 Å². The molecule has 0 bridgehead atoms. The van der Waals surface area contributed by atoms with Crippen molar-refractivity contribution in [2.45, 2.75) is 38.8 Å². The Morgan fingerprint density at radius 2 is 1.30 bits per heavy atom. The molecule has 0 spiro atoms. The number of hydrogen-bond donors (Lipinski definition) is 4. The lowest BCUT2D eigenvalue weighted by atomic mass is 10.1. The van der Waals surface area contributed by atoms with Crippen molar-refractivity contribution in [3.8, 4) is 0 Å². The predicted molar refractivity (Wildman–Crippen MR) is 80.8 cm³/mol.